The van der Waals surface area contributed by atoms with Crippen molar-refractivity contribution in [1.82, 2.24) is 0 Å². The second-order valence-corrected chi connectivity index (χ2v) is 7.10. The highest BCUT2D eigenvalue weighted by Gasteiger charge is 2.33. The summed E-state index contributed by atoms with van der Waals surface area (Å²) >= 11 is 0. The van der Waals surface area contributed by atoms with Crippen LogP contribution in [0.25, 0.3) is 0 Å². The molecule has 0 spiro atoms. The Balaban J connectivity index is 1.89. The van der Waals surface area contributed by atoms with Gasteiger partial charge >= 0.3 is 0 Å². The van der Waals surface area contributed by atoms with Crippen molar-refractivity contribution < 1.29 is 32.4 Å². The molecule has 0 radical (unpaired) electrons. The summed E-state index contributed by atoms with van der Waals surface area (Å²) in [4.78, 5) is 25.1. The van der Waals surface area contributed by atoms with Crippen molar-refractivity contribution in [3.8, 4) is 11.5 Å². The Kier molecular flexibility index (Phi) is 4.32. The minimum atomic E-state index is -4.09. The summed E-state index contributed by atoms with van der Waals surface area (Å²) in [5, 5.41) is 10.3. The van der Waals surface area contributed by atoms with E-state index in [1.165, 1.54) is 18.2 Å². The molecule has 0 unspecified atom stereocenters. The van der Waals surface area contributed by atoms with Crippen molar-refractivity contribution in [1.29, 1.82) is 0 Å². The fraction of sp³-hybridized carbons (Fsp3) is 0.176. The van der Waals surface area contributed by atoms with E-state index >= 15 is 0 Å². The van der Waals surface area contributed by atoms with Crippen LogP contribution in [0.15, 0.2) is 36.4 Å². The number of hydrogen-bond acceptors (Lipinski definition) is 6. The van der Waals surface area contributed by atoms with Gasteiger partial charge in [-0.25, -0.2) is 0 Å². The monoisotopic (exact) mass is 362 g/mol. The first-order valence-corrected chi connectivity index (χ1v) is 9.03. The van der Waals surface area contributed by atoms with Crippen LogP contribution in [0.1, 0.15) is 38.3 Å². The molecule has 2 aromatic rings. The third-order valence-electron chi connectivity index (χ3n) is 3.83. The van der Waals surface area contributed by atoms with Crippen LogP contribution in [-0.4, -0.2) is 42.0 Å². The molecular formula is C17H14O7S. The predicted octanol–water partition coefficient (Wildman–Crippen LogP) is 1.82. The van der Waals surface area contributed by atoms with Crippen LogP contribution in [-0.2, 0) is 10.1 Å². The molecule has 130 valence electrons. The van der Waals surface area contributed by atoms with Crippen LogP contribution in [0.5, 0.6) is 11.5 Å². The summed E-state index contributed by atoms with van der Waals surface area (Å²) in [7, 11) is -4.09. The van der Waals surface area contributed by atoms with Crippen molar-refractivity contribution in [3.63, 3.8) is 0 Å². The minimum Gasteiger partial charge on any atom is -0.504 e. The van der Waals surface area contributed by atoms with Crippen molar-refractivity contribution in [2.45, 2.75) is 6.42 Å². The molecule has 0 heterocycles. The number of aromatic hydroxyl groups is 1. The molecule has 0 saturated heterocycles. The van der Waals surface area contributed by atoms with Gasteiger partial charge in [-0.05, 0) is 18.6 Å². The smallest absolute Gasteiger partial charge is 0.264 e. The quantitative estimate of drug-likeness (QED) is 0.525. The maximum absolute atomic E-state index is 12.6. The summed E-state index contributed by atoms with van der Waals surface area (Å²) in [6, 6.07) is 9.08. The van der Waals surface area contributed by atoms with Gasteiger partial charge in [0.2, 0.25) is 0 Å². The van der Waals surface area contributed by atoms with Gasteiger partial charge in [-0.2, -0.15) is 8.42 Å². The Bertz CT molecular complexity index is 976. The molecular weight excluding hydrogens is 348 g/mol. The molecule has 3 rings (SSSR count). The standard InChI is InChI=1S/C17H14O7S/c18-15-10-4-1-2-5-11(10)16(19)14-12(15)6-7-13(17(14)20)24-8-3-9-25(21,22)23/h1-2,4-7,20H,3,8-9H2,(H,21,22,23). The molecule has 0 amide bonds. The predicted molar refractivity (Wildman–Crippen MR) is 87.9 cm³/mol. The van der Waals surface area contributed by atoms with Crippen molar-refractivity contribution in [3.05, 3.63) is 58.7 Å². The van der Waals surface area contributed by atoms with Crippen molar-refractivity contribution >= 4 is 21.7 Å². The molecule has 8 heteroatoms. The van der Waals surface area contributed by atoms with Gasteiger partial charge in [-0.1, -0.05) is 24.3 Å². The number of carbonyl (C=O) groups is 2. The minimum absolute atomic E-state index is 0.00503. The largest absolute Gasteiger partial charge is 0.504 e. The van der Waals surface area contributed by atoms with E-state index in [0.29, 0.717) is 0 Å². The number of benzene rings is 2. The summed E-state index contributed by atoms with van der Waals surface area (Å²) in [5.74, 6) is -1.82. The van der Waals surface area contributed by atoms with E-state index < -0.39 is 27.4 Å². The molecule has 0 saturated carbocycles. The zero-order valence-corrected chi connectivity index (χ0v) is 13.7. The summed E-state index contributed by atoms with van der Waals surface area (Å²) in [6.45, 7) is -0.0924. The van der Waals surface area contributed by atoms with Crippen LogP contribution in [0.2, 0.25) is 0 Å². The second kappa shape index (κ2) is 6.30. The Morgan fingerprint density at radius 3 is 2.20 bits per heavy atom. The SMILES string of the molecule is O=C1c2ccccc2C(=O)c2c1ccc(OCCCS(=O)(=O)O)c2O. The molecule has 2 aromatic carbocycles. The highest BCUT2D eigenvalue weighted by atomic mass is 32.2. The van der Waals surface area contributed by atoms with Gasteiger partial charge in [-0.3, -0.25) is 14.1 Å². The molecule has 0 aliphatic heterocycles. The van der Waals surface area contributed by atoms with Gasteiger partial charge < -0.3 is 9.84 Å². The maximum Gasteiger partial charge on any atom is 0.264 e. The fourth-order valence-electron chi connectivity index (χ4n) is 2.69. The maximum atomic E-state index is 12.6. The lowest BCUT2D eigenvalue weighted by Crippen LogP contribution is -2.21. The molecule has 1 aliphatic rings. The van der Waals surface area contributed by atoms with E-state index in [2.05, 4.69) is 0 Å². The first-order chi connectivity index (χ1) is 11.8. The van der Waals surface area contributed by atoms with E-state index in [4.69, 9.17) is 9.29 Å². The lowest BCUT2D eigenvalue weighted by Gasteiger charge is -2.19. The zero-order valence-electron chi connectivity index (χ0n) is 12.9. The number of fused-ring (bicyclic) bond motifs is 2. The number of phenolic OH excluding ortho intramolecular Hbond substituents is 1. The summed E-state index contributed by atoms with van der Waals surface area (Å²) in [5.41, 5.74) is 0.447. The van der Waals surface area contributed by atoms with Crippen LogP contribution < -0.4 is 4.74 Å². The van der Waals surface area contributed by atoms with E-state index in [0.717, 1.165) is 0 Å². The van der Waals surface area contributed by atoms with Crippen molar-refractivity contribution in [2.24, 2.45) is 0 Å². The van der Waals surface area contributed by atoms with Gasteiger partial charge in [0, 0.05) is 16.7 Å². The Morgan fingerprint density at radius 1 is 0.920 bits per heavy atom. The second-order valence-electron chi connectivity index (χ2n) is 5.53. The summed E-state index contributed by atoms with van der Waals surface area (Å²) < 4.78 is 35.3. The molecule has 25 heavy (non-hydrogen) atoms. The first-order valence-electron chi connectivity index (χ1n) is 7.42. The van der Waals surface area contributed by atoms with Gasteiger partial charge in [0.1, 0.15) is 0 Å². The number of carbonyl (C=O) groups excluding carboxylic acids is 2. The number of hydrogen-bond donors (Lipinski definition) is 2. The van der Waals surface area contributed by atoms with E-state index in [1.54, 1.807) is 18.2 Å². The molecule has 0 bridgehead atoms. The molecule has 1 aliphatic carbocycles. The normalized spacial score (nSPS) is 13.3. The van der Waals surface area contributed by atoms with Gasteiger partial charge in [-0.15, -0.1) is 0 Å². The first kappa shape index (κ1) is 17.1. The van der Waals surface area contributed by atoms with Crippen molar-refractivity contribution in [2.75, 3.05) is 12.4 Å². The average Bonchev–Trinajstić information content (AvgIpc) is 2.56. The highest BCUT2D eigenvalue weighted by Crippen LogP contribution is 2.38. The summed E-state index contributed by atoms with van der Waals surface area (Å²) in [6.07, 6.45) is 0.00503. The fourth-order valence-corrected chi connectivity index (χ4v) is 3.17. The lowest BCUT2D eigenvalue weighted by atomic mass is 9.83. The Hall–Kier alpha value is -2.71. The third kappa shape index (κ3) is 3.26. The Labute approximate surface area is 143 Å². The van der Waals surface area contributed by atoms with Crippen LogP contribution in [0.3, 0.4) is 0 Å². The third-order valence-corrected chi connectivity index (χ3v) is 4.64. The lowest BCUT2D eigenvalue weighted by molar-refractivity contribution is 0.0976. The number of ether oxygens (including phenoxy) is 1. The molecule has 0 aromatic heterocycles. The topological polar surface area (TPSA) is 118 Å². The van der Waals surface area contributed by atoms with Crippen LogP contribution in [0.4, 0.5) is 0 Å². The molecule has 2 N–H and O–H groups in total. The highest BCUT2D eigenvalue weighted by molar-refractivity contribution is 7.85. The van der Waals surface area contributed by atoms with Gasteiger partial charge in [0.05, 0.1) is 17.9 Å². The van der Waals surface area contributed by atoms with E-state index in [-0.39, 0.29) is 46.8 Å². The number of rotatable bonds is 5. The van der Waals surface area contributed by atoms with Gasteiger partial charge in [0.15, 0.2) is 23.1 Å². The molecule has 0 atom stereocenters. The van der Waals surface area contributed by atoms with Crippen LogP contribution in [0, 0.1) is 0 Å². The molecule has 0 fully saturated rings. The van der Waals surface area contributed by atoms with Crippen LogP contribution >= 0.6 is 0 Å². The van der Waals surface area contributed by atoms with Gasteiger partial charge in [0.25, 0.3) is 10.1 Å². The van der Waals surface area contributed by atoms with E-state index in [9.17, 15) is 23.1 Å². The zero-order chi connectivity index (χ0) is 18.2. The number of phenols is 1. The van der Waals surface area contributed by atoms with E-state index in [1.807, 2.05) is 0 Å². The Morgan fingerprint density at radius 2 is 1.56 bits per heavy atom. The average molecular weight is 362 g/mol. The molecule has 7 nitrogen and oxygen atoms in total. The number of ketones is 2.